The number of nitro benzene ring substituents is 1. The smallest absolute Gasteiger partial charge is 0.269 e. The largest absolute Gasteiger partial charge is 0.273 e. The molecule has 0 saturated carbocycles. The van der Waals surface area contributed by atoms with E-state index in [-0.39, 0.29) is 29.0 Å². The van der Waals surface area contributed by atoms with E-state index < -0.39 is 10.8 Å². The van der Waals surface area contributed by atoms with Crippen LogP contribution in [0, 0.1) is 10.1 Å². The molecule has 0 aliphatic rings. The van der Waals surface area contributed by atoms with Crippen LogP contribution in [0.1, 0.15) is 48.7 Å². The molecule has 2 N–H and O–H groups in total. The number of hydrogen-bond acceptors (Lipinski definition) is 4. The van der Waals surface area contributed by atoms with Crippen LogP contribution in [0.15, 0.2) is 48.5 Å². The Balaban J connectivity index is 1.80. The maximum absolute atomic E-state index is 11.9. The van der Waals surface area contributed by atoms with E-state index in [9.17, 15) is 19.7 Å². The van der Waals surface area contributed by atoms with Gasteiger partial charge in [-0.15, -0.1) is 0 Å². The number of non-ortho nitro benzene ring substituents is 1. The zero-order chi connectivity index (χ0) is 20.0. The fourth-order valence-corrected chi connectivity index (χ4v) is 2.42. The van der Waals surface area contributed by atoms with Gasteiger partial charge in [0.2, 0.25) is 5.91 Å². The minimum atomic E-state index is -0.544. The summed E-state index contributed by atoms with van der Waals surface area (Å²) in [6.07, 6.45) is 0.791. The van der Waals surface area contributed by atoms with Gasteiger partial charge in [0.05, 0.1) is 4.92 Å². The number of nitrogens with one attached hydrogen (secondary N) is 2. The van der Waals surface area contributed by atoms with Gasteiger partial charge >= 0.3 is 0 Å². The van der Waals surface area contributed by atoms with Crippen molar-refractivity contribution in [1.82, 2.24) is 10.9 Å². The van der Waals surface area contributed by atoms with Crippen LogP contribution in [0.2, 0.25) is 0 Å². The molecule has 7 heteroatoms. The zero-order valence-electron chi connectivity index (χ0n) is 15.6. The number of nitrogens with zero attached hydrogens (tertiary/aromatic N) is 1. The van der Waals surface area contributed by atoms with Crippen molar-refractivity contribution in [3.05, 3.63) is 75.3 Å². The van der Waals surface area contributed by atoms with E-state index in [1.807, 2.05) is 12.1 Å². The first-order chi connectivity index (χ1) is 12.7. The average molecular weight is 369 g/mol. The quantitative estimate of drug-likeness (QED) is 0.624. The monoisotopic (exact) mass is 369 g/mol. The van der Waals surface area contributed by atoms with Crippen molar-refractivity contribution in [1.29, 1.82) is 0 Å². The van der Waals surface area contributed by atoms with Gasteiger partial charge < -0.3 is 0 Å². The molecule has 2 amide bonds. The summed E-state index contributed by atoms with van der Waals surface area (Å²) in [5, 5.41) is 10.6. The van der Waals surface area contributed by atoms with Crippen molar-refractivity contribution in [2.45, 2.75) is 39.0 Å². The van der Waals surface area contributed by atoms with Crippen LogP contribution in [0.25, 0.3) is 0 Å². The summed E-state index contributed by atoms with van der Waals surface area (Å²) in [5.74, 6) is -0.849. The number of carbonyl (C=O) groups excluding carboxylic acids is 2. The summed E-state index contributed by atoms with van der Waals surface area (Å²) >= 11 is 0. The Bertz CT molecular complexity index is 822. The van der Waals surface area contributed by atoms with Crippen LogP contribution in [0.4, 0.5) is 5.69 Å². The maximum Gasteiger partial charge on any atom is 0.269 e. The van der Waals surface area contributed by atoms with Crippen molar-refractivity contribution < 1.29 is 14.5 Å². The number of amides is 2. The predicted octanol–water partition coefficient (Wildman–Crippen LogP) is 3.29. The highest BCUT2D eigenvalue weighted by Crippen LogP contribution is 2.22. The van der Waals surface area contributed by atoms with Crippen molar-refractivity contribution in [3.8, 4) is 0 Å². The van der Waals surface area contributed by atoms with Gasteiger partial charge in [0.25, 0.3) is 11.6 Å². The van der Waals surface area contributed by atoms with Crippen molar-refractivity contribution >= 4 is 17.5 Å². The lowest BCUT2D eigenvalue weighted by Crippen LogP contribution is -2.41. The molecule has 2 aromatic carbocycles. The molecular weight excluding hydrogens is 346 g/mol. The fraction of sp³-hybridized carbons (Fsp3) is 0.300. The summed E-state index contributed by atoms with van der Waals surface area (Å²) in [5.41, 5.74) is 7.12. The van der Waals surface area contributed by atoms with Gasteiger partial charge in [-0.3, -0.25) is 30.6 Å². The molecule has 7 nitrogen and oxygen atoms in total. The van der Waals surface area contributed by atoms with Crippen LogP contribution < -0.4 is 10.9 Å². The number of rotatable bonds is 5. The first kappa shape index (κ1) is 20.1. The maximum atomic E-state index is 11.9. The Morgan fingerprint density at radius 1 is 0.963 bits per heavy atom. The molecule has 2 rings (SSSR count). The van der Waals surface area contributed by atoms with Gasteiger partial charge in [-0.25, -0.2) is 0 Å². The molecule has 0 fully saturated rings. The molecular formula is C20H23N3O4. The van der Waals surface area contributed by atoms with Gasteiger partial charge in [-0.2, -0.15) is 0 Å². The number of carbonyl (C=O) groups is 2. The number of aryl methyl sites for hydroxylation is 1. The third-order valence-electron chi connectivity index (χ3n) is 4.12. The lowest BCUT2D eigenvalue weighted by Gasteiger charge is -2.19. The second-order valence-electron chi connectivity index (χ2n) is 7.25. The van der Waals surface area contributed by atoms with Gasteiger partial charge in [-0.1, -0.05) is 45.0 Å². The molecule has 0 aliphatic heterocycles. The van der Waals surface area contributed by atoms with Crippen molar-refractivity contribution in [2.75, 3.05) is 0 Å². The van der Waals surface area contributed by atoms with E-state index in [4.69, 9.17) is 0 Å². The third kappa shape index (κ3) is 5.91. The molecule has 0 saturated heterocycles. The highest BCUT2D eigenvalue weighted by Gasteiger charge is 2.13. The standard InChI is InChI=1S/C20H23N3O4/c1-20(2,3)16-9-4-14(5-10-16)6-13-18(24)21-22-19(25)15-7-11-17(12-8-15)23(26)27/h4-5,7-12H,6,13H2,1-3H3,(H,21,24)(H,22,25). The number of benzene rings is 2. The molecule has 27 heavy (non-hydrogen) atoms. The van der Waals surface area contributed by atoms with Crippen LogP contribution >= 0.6 is 0 Å². The minimum Gasteiger partial charge on any atom is -0.273 e. The zero-order valence-corrected chi connectivity index (χ0v) is 15.6. The second-order valence-corrected chi connectivity index (χ2v) is 7.25. The van der Waals surface area contributed by atoms with Crippen LogP contribution in [-0.4, -0.2) is 16.7 Å². The van der Waals surface area contributed by atoms with Crippen LogP contribution in [0.3, 0.4) is 0 Å². The summed E-state index contributed by atoms with van der Waals surface area (Å²) in [6, 6.07) is 13.3. The number of hydrazine groups is 1. The molecule has 0 aliphatic carbocycles. The molecule has 0 spiro atoms. The average Bonchev–Trinajstić information content (AvgIpc) is 2.64. The van der Waals surface area contributed by atoms with E-state index in [0.717, 1.165) is 5.56 Å². The molecule has 0 heterocycles. The second kappa shape index (κ2) is 8.44. The fourth-order valence-electron chi connectivity index (χ4n) is 2.42. The molecule has 0 bridgehead atoms. The topological polar surface area (TPSA) is 101 Å². The molecule has 0 unspecified atom stereocenters. The van der Waals surface area contributed by atoms with Crippen molar-refractivity contribution in [3.63, 3.8) is 0 Å². The van der Waals surface area contributed by atoms with Crippen LogP contribution in [-0.2, 0) is 16.6 Å². The third-order valence-corrected chi connectivity index (χ3v) is 4.12. The summed E-state index contributed by atoms with van der Waals surface area (Å²) in [6.45, 7) is 6.43. The molecule has 0 aromatic heterocycles. The Morgan fingerprint density at radius 3 is 2.07 bits per heavy atom. The normalized spacial score (nSPS) is 10.9. The first-order valence-corrected chi connectivity index (χ1v) is 8.60. The Labute approximate surface area is 157 Å². The molecule has 142 valence electrons. The first-order valence-electron chi connectivity index (χ1n) is 8.60. The van der Waals surface area contributed by atoms with Crippen LogP contribution in [0.5, 0.6) is 0 Å². The SMILES string of the molecule is CC(C)(C)c1ccc(CCC(=O)NNC(=O)c2ccc([N+](=O)[O-])cc2)cc1. The lowest BCUT2D eigenvalue weighted by molar-refractivity contribution is -0.384. The highest BCUT2D eigenvalue weighted by molar-refractivity contribution is 5.95. The van der Waals surface area contributed by atoms with E-state index in [1.165, 1.54) is 29.8 Å². The summed E-state index contributed by atoms with van der Waals surface area (Å²) in [4.78, 5) is 33.9. The van der Waals surface area contributed by atoms with Gasteiger partial charge in [0, 0.05) is 24.1 Å². The minimum absolute atomic E-state index is 0.0814. The van der Waals surface area contributed by atoms with E-state index in [2.05, 4.69) is 43.8 Å². The summed E-state index contributed by atoms with van der Waals surface area (Å²) in [7, 11) is 0. The predicted molar refractivity (Wildman–Crippen MR) is 102 cm³/mol. The Kier molecular flexibility index (Phi) is 6.28. The summed E-state index contributed by atoms with van der Waals surface area (Å²) < 4.78 is 0. The van der Waals surface area contributed by atoms with Gasteiger partial charge in [0.15, 0.2) is 0 Å². The number of hydrogen-bond donors (Lipinski definition) is 2. The highest BCUT2D eigenvalue weighted by atomic mass is 16.6. The van der Waals surface area contributed by atoms with E-state index in [0.29, 0.717) is 6.42 Å². The van der Waals surface area contributed by atoms with E-state index >= 15 is 0 Å². The van der Waals surface area contributed by atoms with Gasteiger partial charge in [-0.05, 0) is 35.1 Å². The lowest BCUT2D eigenvalue weighted by atomic mass is 9.86. The molecule has 2 aromatic rings. The Morgan fingerprint density at radius 2 is 1.56 bits per heavy atom. The number of nitro groups is 1. The molecule has 0 atom stereocenters. The Hall–Kier alpha value is -3.22. The molecule has 0 radical (unpaired) electrons. The van der Waals surface area contributed by atoms with Crippen molar-refractivity contribution in [2.24, 2.45) is 0 Å². The van der Waals surface area contributed by atoms with E-state index in [1.54, 1.807) is 0 Å². The van der Waals surface area contributed by atoms with Gasteiger partial charge in [0.1, 0.15) is 0 Å².